The smallest absolute Gasteiger partial charge is 0.260 e. The van der Waals surface area contributed by atoms with Gasteiger partial charge in [-0.3, -0.25) is 4.79 Å². The average molecular weight is 387 g/mol. The van der Waals surface area contributed by atoms with Gasteiger partial charge in [0, 0.05) is 6.08 Å². The lowest BCUT2D eigenvalue weighted by Crippen LogP contribution is -2.08. The maximum Gasteiger partial charge on any atom is 0.260 e. The van der Waals surface area contributed by atoms with Gasteiger partial charge in [0.25, 0.3) is 5.89 Å². The standard InChI is InChI=1S/C22H17N3O4/c26-21(13-12-17-9-6-14-27-17)23-19-11-5-4-10-18(19)22-24-20(25-29-22)15-28-16-7-2-1-3-8-16/h1-14H,15H2,(H,23,26)/b13-12+. The maximum absolute atomic E-state index is 12.2. The molecule has 1 N–H and O–H groups in total. The third-order valence-electron chi connectivity index (χ3n) is 3.94. The van der Waals surface area contributed by atoms with Crippen molar-refractivity contribution in [3.8, 4) is 17.2 Å². The van der Waals surface area contributed by atoms with Crippen molar-refractivity contribution in [1.29, 1.82) is 0 Å². The Kier molecular flexibility index (Phi) is 5.48. The number of rotatable bonds is 7. The van der Waals surface area contributed by atoms with Crippen LogP contribution in [-0.2, 0) is 11.4 Å². The number of nitrogens with one attached hydrogen (secondary N) is 1. The van der Waals surface area contributed by atoms with E-state index in [-0.39, 0.29) is 12.5 Å². The number of ether oxygens (including phenoxy) is 1. The molecule has 2 aromatic carbocycles. The molecule has 0 saturated carbocycles. The molecule has 0 spiro atoms. The van der Waals surface area contributed by atoms with Crippen LogP contribution in [0.4, 0.5) is 5.69 Å². The largest absolute Gasteiger partial charge is 0.485 e. The second kappa shape index (κ2) is 8.71. The number of hydrogen-bond donors (Lipinski definition) is 1. The van der Waals surface area contributed by atoms with Crippen LogP contribution in [-0.4, -0.2) is 16.0 Å². The quantitative estimate of drug-likeness (QED) is 0.468. The Hall–Kier alpha value is -4.13. The number of carbonyl (C=O) groups excluding carboxylic acids is 1. The van der Waals surface area contributed by atoms with Crippen LogP contribution in [0.25, 0.3) is 17.5 Å². The van der Waals surface area contributed by atoms with E-state index in [4.69, 9.17) is 13.7 Å². The van der Waals surface area contributed by atoms with Crippen molar-refractivity contribution in [2.45, 2.75) is 6.61 Å². The number of furan rings is 1. The average Bonchev–Trinajstić information content (AvgIpc) is 3.44. The Labute approximate surface area is 166 Å². The highest BCUT2D eigenvalue weighted by Crippen LogP contribution is 2.26. The predicted molar refractivity (Wildman–Crippen MR) is 107 cm³/mol. The van der Waals surface area contributed by atoms with Gasteiger partial charge in [-0.15, -0.1) is 0 Å². The first-order chi connectivity index (χ1) is 14.3. The highest BCUT2D eigenvalue weighted by atomic mass is 16.5. The van der Waals surface area contributed by atoms with Crippen LogP contribution >= 0.6 is 0 Å². The zero-order valence-corrected chi connectivity index (χ0v) is 15.3. The maximum atomic E-state index is 12.2. The van der Waals surface area contributed by atoms with Crippen LogP contribution < -0.4 is 10.1 Å². The minimum atomic E-state index is -0.305. The Morgan fingerprint density at radius 1 is 1.03 bits per heavy atom. The number of para-hydroxylation sites is 2. The number of aromatic nitrogens is 2. The van der Waals surface area contributed by atoms with Crippen LogP contribution in [0.1, 0.15) is 11.6 Å². The summed E-state index contributed by atoms with van der Waals surface area (Å²) in [4.78, 5) is 16.6. The Morgan fingerprint density at radius 3 is 2.69 bits per heavy atom. The number of nitrogens with zero attached hydrogens (tertiary/aromatic N) is 2. The minimum absolute atomic E-state index is 0.175. The van der Waals surface area contributed by atoms with Gasteiger partial charge in [0.05, 0.1) is 17.5 Å². The first-order valence-electron chi connectivity index (χ1n) is 8.90. The van der Waals surface area contributed by atoms with Gasteiger partial charge in [0.15, 0.2) is 6.61 Å². The van der Waals surface area contributed by atoms with Crippen LogP contribution in [0.5, 0.6) is 5.75 Å². The van der Waals surface area contributed by atoms with Crippen LogP contribution in [0.15, 0.2) is 88.0 Å². The molecule has 2 heterocycles. The first kappa shape index (κ1) is 18.2. The van der Waals surface area contributed by atoms with E-state index < -0.39 is 0 Å². The van der Waals surface area contributed by atoms with Crippen LogP contribution in [0, 0.1) is 0 Å². The molecule has 0 atom stereocenters. The van der Waals surface area contributed by atoms with Crippen molar-refractivity contribution in [3.63, 3.8) is 0 Å². The number of benzene rings is 2. The molecule has 4 rings (SSSR count). The highest BCUT2D eigenvalue weighted by molar-refractivity contribution is 6.03. The van der Waals surface area contributed by atoms with Crippen molar-refractivity contribution in [1.82, 2.24) is 10.1 Å². The van der Waals surface area contributed by atoms with Gasteiger partial charge in [-0.1, -0.05) is 35.5 Å². The summed E-state index contributed by atoms with van der Waals surface area (Å²) in [6.07, 6.45) is 4.52. The van der Waals surface area contributed by atoms with Gasteiger partial charge in [0.2, 0.25) is 11.7 Å². The highest BCUT2D eigenvalue weighted by Gasteiger charge is 2.14. The zero-order chi connectivity index (χ0) is 19.9. The monoisotopic (exact) mass is 387 g/mol. The summed E-state index contributed by atoms with van der Waals surface area (Å²) in [6, 6.07) is 20.1. The molecule has 1 amide bonds. The molecule has 0 saturated heterocycles. The molecule has 0 aliphatic heterocycles. The lowest BCUT2D eigenvalue weighted by Gasteiger charge is -2.06. The van der Waals surface area contributed by atoms with E-state index in [1.165, 1.54) is 6.08 Å². The lowest BCUT2D eigenvalue weighted by molar-refractivity contribution is -0.111. The molecule has 0 aliphatic carbocycles. The van der Waals surface area contributed by atoms with E-state index in [0.29, 0.717) is 28.7 Å². The number of amides is 1. The molecule has 0 bridgehead atoms. The molecule has 2 aromatic heterocycles. The fourth-order valence-corrected chi connectivity index (χ4v) is 2.58. The topological polar surface area (TPSA) is 90.4 Å². The van der Waals surface area contributed by atoms with Gasteiger partial charge < -0.3 is 19.0 Å². The molecule has 7 nitrogen and oxygen atoms in total. The van der Waals surface area contributed by atoms with Crippen molar-refractivity contribution < 1.29 is 18.5 Å². The Bertz CT molecular complexity index is 1100. The minimum Gasteiger partial charge on any atom is -0.485 e. The molecule has 0 unspecified atom stereocenters. The van der Waals surface area contributed by atoms with Crippen LogP contribution in [0.2, 0.25) is 0 Å². The molecular weight excluding hydrogens is 370 g/mol. The van der Waals surface area contributed by atoms with E-state index in [1.54, 1.807) is 36.6 Å². The fourth-order valence-electron chi connectivity index (χ4n) is 2.58. The molecule has 0 fully saturated rings. The summed E-state index contributed by atoms with van der Waals surface area (Å²) >= 11 is 0. The number of anilines is 1. The van der Waals surface area contributed by atoms with E-state index in [0.717, 1.165) is 5.75 Å². The molecule has 7 heteroatoms. The number of carbonyl (C=O) groups is 1. The first-order valence-corrected chi connectivity index (χ1v) is 8.90. The SMILES string of the molecule is O=C(/C=C/c1ccco1)Nc1ccccc1-c1nc(COc2ccccc2)no1. The molecule has 4 aromatic rings. The third kappa shape index (κ3) is 4.78. The number of hydrogen-bond acceptors (Lipinski definition) is 6. The lowest BCUT2D eigenvalue weighted by atomic mass is 10.1. The van der Waals surface area contributed by atoms with E-state index in [2.05, 4.69) is 15.5 Å². The van der Waals surface area contributed by atoms with Gasteiger partial charge in [-0.2, -0.15) is 4.98 Å². The molecule has 144 valence electrons. The van der Waals surface area contributed by atoms with Gasteiger partial charge >= 0.3 is 0 Å². The molecular formula is C22H17N3O4. The molecule has 0 aliphatic rings. The summed E-state index contributed by atoms with van der Waals surface area (Å²) in [5, 5.41) is 6.76. The van der Waals surface area contributed by atoms with E-state index in [1.807, 2.05) is 42.5 Å². The van der Waals surface area contributed by atoms with Gasteiger partial charge in [-0.25, -0.2) is 0 Å². The predicted octanol–water partition coefficient (Wildman–Crippen LogP) is 4.56. The van der Waals surface area contributed by atoms with Crippen molar-refractivity contribution >= 4 is 17.7 Å². The summed E-state index contributed by atoms with van der Waals surface area (Å²) in [6.45, 7) is 0.175. The summed E-state index contributed by atoms with van der Waals surface area (Å²) < 4.78 is 16.2. The Morgan fingerprint density at radius 2 is 1.86 bits per heavy atom. The van der Waals surface area contributed by atoms with Gasteiger partial charge in [0.1, 0.15) is 11.5 Å². The second-order valence-corrected chi connectivity index (χ2v) is 6.00. The van der Waals surface area contributed by atoms with E-state index >= 15 is 0 Å². The second-order valence-electron chi connectivity index (χ2n) is 6.00. The Balaban J connectivity index is 1.45. The zero-order valence-electron chi connectivity index (χ0n) is 15.3. The van der Waals surface area contributed by atoms with Crippen molar-refractivity contribution in [3.05, 3.63) is 90.7 Å². The van der Waals surface area contributed by atoms with Crippen molar-refractivity contribution in [2.24, 2.45) is 0 Å². The fraction of sp³-hybridized carbons (Fsp3) is 0.0455. The van der Waals surface area contributed by atoms with Crippen molar-refractivity contribution in [2.75, 3.05) is 5.32 Å². The third-order valence-corrected chi connectivity index (χ3v) is 3.94. The summed E-state index contributed by atoms with van der Waals surface area (Å²) in [7, 11) is 0. The normalized spacial score (nSPS) is 10.9. The summed E-state index contributed by atoms with van der Waals surface area (Å²) in [5.74, 6) is 1.70. The molecule has 0 radical (unpaired) electrons. The summed E-state index contributed by atoms with van der Waals surface area (Å²) in [5.41, 5.74) is 1.17. The van der Waals surface area contributed by atoms with Crippen LogP contribution in [0.3, 0.4) is 0 Å². The van der Waals surface area contributed by atoms with Gasteiger partial charge in [-0.05, 0) is 42.5 Å². The molecule has 29 heavy (non-hydrogen) atoms. The van der Waals surface area contributed by atoms with E-state index in [9.17, 15) is 4.79 Å².